The third kappa shape index (κ3) is 1.01. The molecule has 0 bridgehead atoms. The quantitative estimate of drug-likeness (QED) is 0.509. The number of carbonyl (C=O) groups excluding carboxylic acids is 1. The van der Waals surface area contributed by atoms with Gasteiger partial charge >= 0.3 is 0 Å². The minimum Gasteiger partial charge on any atom is -0.293 e. The molecule has 0 aliphatic heterocycles. The first kappa shape index (κ1) is 6.81. The van der Waals surface area contributed by atoms with E-state index < -0.39 is 0 Å². The molecule has 9 heavy (non-hydrogen) atoms. The van der Waals surface area contributed by atoms with Crippen molar-refractivity contribution in [1.82, 2.24) is 0 Å². The Morgan fingerprint density at radius 2 is 2.22 bits per heavy atom. The van der Waals surface area contributed by atoms with Crippen LogP contribution >= 0.6 is 11.6 Å². The van der Waals surface area contributed by atoms with Gasteiger partial charge in [-0.25, -0.2) is 0 Å². The average molecular weight is 145 g/mol. The van der Waals surface area contributed by atoms with Crippen molar-refractivity contribution in [2.45, 2.75) is 20.3 Å². The van der Waals surface area contributed by atoms with E-state index in [1.54, 1.807) is 0 Å². The fraction of sp³-hybridized carbons (Fsp3) is 0.571. The van der Waals surface area contributed by atoms with E-state index in [1.165, 1.54) is 0 Å². The molecule has 1 unspecified atom stereocenters. The highest BCUT2D eigenvalue weighted by atomic mass is 35.5. The third-order valence-electron chi connectivity index (χ3n) is 1.82. The van der Waals surface area contributed by atoms with Crippen LogP contribution in [-0.2, 0) is 4.79 Å². The zero-order valence-corrected chi connectivity index (χ0v) is 6.33. The lowest BCUT2D eigenvalue weighted by molar-refractivity contribution is -0.114. The molecule has 1 nitrogen and oxygen atoms in total. The van der Waals surface area contributed by atoms with Gasteiger partial charge in [-0.1, -0.05) is 18.5 Å². The second-order valence-electron chi connectivity index (χ2n) is 2.53. The monoisotopic (exact) mass is 144 g/mol. The minimum absolute atomic E-state index is 0.0988. The molecule has 50 valence electrons. The first-order valence-electron chi connectivity index (χ1n) is 3.02. The van der Waals surface area contributed by atoms with E-state index in [0.717, 1.165) is 5.57 Å². The minimum atomic E-state index is 0.0988. The zero-order chi connectivity index (χ0) is 7.02. The fourth-order valence-corrected chi connectivity index (χ4v) is 1.22. The summed E-state index contributed by atoms with van der Waals surface area (Å²) >= 11 is 5.64. The molecule has 0 heterocycles. The van der Waals surface area contributed by atoms with Crippen LogP contribution in [0.15, 0.2) is 10.6 Å². The molecule has 1 atom stereocenters. The molecule has 0 saturated heterocycles. The number of hydrogen-bond acceptors (Lipinski definition) is 1. The van der Waals surface area contributed by atoms with Crippen LogP contribution in [0.3, 0.4) is 0 Å². The van der Waals surface area contributed by atoms with Crippen LogP contribution in [0.25, 0.3) is 0 Å². The highest BCUT2D eigenvalue weighted by molar-refractivity contribution is 6.43. The number of halogens is 1. The van der Waals surface area contributed by atoms with E-state index in [0.29, 0.717) is 17.4 Å². The van der Waals surface area contributed by atoms with Crippen molar-refractivity contribution in [2.75, 3.05) is 0 Å². The standard InChI is InChI=1S/C7H9ClO/c1-4-3-6(9)7(8)5(4)2/h4H,3H2,1-2H3. The number of carbonyl (C=O) groups is 1. The maximum atomic E-state index is 10.8. The lowest BCUT2D eigenvalue weighted by Crippen LogP contribution is -1.92. The topological polar surface area (TPSA) is 17.1 Å². The normalized spacial score (nSPS) is 27.9. The van der Waals surface area contributed by atoms with Crippen molar-refractivity contribution in [3.63, 3.8) is 0 Å². The molecule has 0 aromatic rings. The molecule has 1 aliphatic carbocycles. The van der Waals surface area contributed by atoms with Gasteiger partial charge in [-0.05, 0) is 18.4 Å². The van der Waals surface area contributed by atoms with Crippen LogP contribution in [0.2, 0.25) is 0 Å². The van der Waals surface area contributed by atoms with Gasteiger partial charge in [0.15, 0.2) is 5.78 Å². The van der Waals surface area contributed by atoms with Gasteiger partial charge < -0.3 is 0 Å². The second-order valence-corrected chi connectivity index (χ2v) is 2.90. The van der Waals surface area contributed by atoms with Gasteiger partial charge in [-0.2, -0.15) is 0 Å². The molecule has 0 fully saturated rings. The maximum Gasteiger partial charge on any atom is 0.174 e. The SMILES string of the molecule is CC1=C(Cl)C(=O)CC1C. The summed E-state index contributed by atoms with van der Waals surface area (Å²) < 4.78 is 0. The Labute approximate surface area is 59.7 Å². The summed E-state index contributed by atoms with van der Waals surface area (Å²) in [6, 6.07) is 0. The summed E-state index contributed by atoms with van der Waals surface area (Å²) in [7, 11) is 0. The Hall–Kier alpha value is -0.300. The zero-order valence-electron chi connectivity index (χ0n) is 5.57. The van der Waals surface area contributed by atoms with Gasteiger partial charge in [0.1, 0.15) is 0 Å². The van der Waals surface area contributed by atoms with Crippen molar-refractivity contribution < 1.29 is 4.79 Å². The number of ketones is 1. The number of hydrogen-bond donors (Lipinski definition) is 0. The lowest BCUT2D eigenvalue weighted by Gasteiger charge is -1.97. The molecule has 1 aliphatic rings. The molecular formula is C7H9ClO. The van der Waals surface area contributed by atoms with E-state index in [9.17, 15) is 4.79 Å². The predicted octanol–water partition coefficient (Wildman–Crippen LogP) is 2.11. The molecule has 0 N–H and O–H groups in total. The molecule has 0 radical (unpaired) electrons. The van der Waals surface area contributed by atoms with Gasteiger partial charge in [-0.3, -0.25) is 4.79 Å². The molecule has 0 spiro atoms. The summed E-state index contributed by atoms with van der Waals surface area (Å²) in [6.45, 7) is 3.93. The third-order valence-corrected chi connectivity index (χ3v) is 2.33. The van der Waals surface area contributed by atoms with Crippen LogP contribution in [0.5, 0.6) is 0 Å². The Kier molecular flexibility index (Phi) is 1.62. The van der Waals surface area contributed by atoms with E-state index >= 15 is 0 Å². The maximum absolute atomic E-state index is 10.8. The van der Waals surface area contributed by atoms with Crippen molar-refractivity contribution in [1.29, 1.82) is 0 Å². The number of rotatable bonds is 0. The summed E-state index contributed by atoms with van der Waals surface area (Å²) in [5.74, 6) is 0.465. The summed E-state index contributed by atoms with van der Waals surface area (Å²) in [4.78, 5) is 10.8. The summed E-state index contributed by atoms with van der Waals surface area (Å²) in [5, 5.41) is 0.461. The molecule has 0 aromatic carbocycles. The van der Waals surface area contributed by atoms with Gasteiger partial charge in [0.05, 0.1) is 5.03 Å². The average Bonchev–Trinajstić information content (AvgIpc) is 1.98. The van der Waals surface area contributed by atoms with Gasteiger partial charge in [0.25, 0.3) is 0 Å². The Balaban J connectivity index is 2.92. The van der Waals surface area contributed by atoms with Crippen LogP contribution in [0.1, 0.15) is 20.3 Å². The highest BCUT2D eigenvalue weighted by Crippen LogP contribution is 2.30. The van der Waals surface area contributed by atoms with Crippen LogP contribution in [-0.4, -0.2) is 5.78 Å². The van der Waals surface area contributed by atoms with E-state index in [1.807, 2.05) is 13.8 Å². The number of Topliss-reactive ketones (excluding diaryl/α,β-unsaturated/α-hetero) is 1. The van der Waals surface area contributed by atoms with Crippen LogP contribution in [0.4, 0.5) is 0 Å². The van der Waals surface area contributed by atoms with Crippen LogP contribution < -0.4 is 0 Å². The Morgan fingerprint density at radius 3 is 2.33 bits per heavy atom. The lowest BCUT2D eigenvalue weighted by atomic mass is 10.1. The van der Waals surface area contributed by atoms with E-state index in [4.69, 9.17) is 11.6 Å². The Bertz CT molecular complexity index is 181. The van der Waals surface area contributed by atoms with Crippen molar-refractivity contribution in [3.8, 4) is 0 Å². The second kappa shape index (κ2) is 2.14. The largest absolute Gasteiger partial charge is 0.293 e. The predicted molar refractivity (Wildman–Crippen MR) is 37.3 cm³/mol. The first-order chi connectivity index (χ1) is 4.13. The van der Waals surface area contributed by atoms with Crippen molar-refractivity contribution >= 4 is 17.4 Å². The Morgan fingerprint density at radius 1 is 1.67 bits per heavy atom. The van der Waals surface area contributed by atoms with Gasteiger partial charge in [0.2, 0.25) is 0 Å². The first-order valence-corrected chi connectivity index (χ1v) is 3.40. The summed E-state index contributed by atoms with van der Waals surface area (Å²) in [5.41, 5.74) is 1.04. The molecule has 2 heteroatoms. The van der Waals surface area contributed by atoms with Gasteiger partial charge in [-0.15, -0.1) is 0 Å². The molecule has 0 amide bonds. The van der Waals surface area contributed by atoms with Crippen molar-refractivity contribution in [2.24, 2.45) is 5.92 Å². The molecule has 0 saturated carbocycles. The van der Waals surface area contributed by atoms with Crippen molar-refractivity contribution in [3.05, 3.63) is 10.6 Å². The van der Waals surface area contributed by atoms with Gasteiger partial charge in [0, 0.05) is 6.42 Å². The van der Waals surface area contributed by atoms with Crippen LogP contribution in [0, 0.1) is 5.92 Å². The van der Waals surface area contributed by atoms with E-state index in [-0.39, 0.29) is 5.78 Å². The number of allylic oxidation sites excluding steroid dienone is 2. The molecule has 1 rings (SSSR count). The van der Waals surface area contributed by atoms with E-state index in [2.05, 4.69) is 0 Å². The fourth-order valence-electron chi connectivity index (χ4n) is 0.957. The summed E-state index contributed by atoms with van der Waals surface area (Å²) in [6.07, 6.45) is 0.602. The smallest absolute Gasteiger partial charge is 0.174 e. The highest BCUT2D eigenvalue weighted by Gasteiger charge is 2.24. The molecule has 0 aromatic heterocycles. The molecular weight excluding hydrogens is 136 g/mol.